The quantitative estimate of drug-likeness (QED) is 0.847. The molecule has 0 aliphatic heterocycles. The number of nitrogens with two attached hydrogens (primary N) is 1. The van der Waals surface area contributed by atoms with Crippen molar-refractivity contribution in [2.24, 2.45) is 11.7 Å². The molecule has 24 heavy (non-hydrogen) atoms. The fourth-order valence-electron chi connectivity index (χ4n) is 3.40. The molecule has 134 valence electrons. The summed E-state index contributed by atoms with van der Waals surface area (Å²) in [5.41, 5.74) is 7.54. The largest absolute Gasteiger partial charge is 0.351 e. The van der Waals surface area contributed by atoms with E-state index in [0.29, 0.717) is 18.9 Å². The number of rotatable bonds is 5. The second-order valence-corrected chi connectivity index (χ2v) is 6.18. The third-order valence-electron chi connectivity index (χ3n) is 4.57. The van der Waals surface area contributed by atoms with Crippen LogP contribution in [0.2, 0.25) is 0 Å². The predicted octanol–water partition coefficient (Wildman–Crippen LogP) is 2.74. The van der Waals surface area contributed by atoms with Gasteiger partial charge in [0.15, 0.2) is 0 Å². The first-order valence-electron chi connectivity index (χ1n) is 8.18. The summed E-state index contributed by atoms with van der Waals surface area (Å²) in [4.78, 5) is 16.8. The molecule has 0 bridgehead atoms. The van der Waals surface area contributed by atoms with E-state index in [1.54, 1.807) is 0 Å². The third kappa shape index (κ3) is 5.10. The molecule has 0 saturated heterocycles. The minimum atomic E-state index is 0. The molecule has 2 aromatic rings. The Bertz CT molecular complexity index is 607. The highest BCUT2D eigenvalue weighted by molar-refractivity contribution is 5.85. The van der Waals surface area contributed by atoms with Gasteiger partial charge >= 0.3 is 0 Å². The monoisotopic (exact) mass is 372 g/mol. The first kappa shape index (κ1) is 20.7. The fraction of sp³-hybridized carbons (Fsp3) is 0.529. The Morgan fingerprint density at radius 3 is 2.71 bits per heavy atom. The van der Waals surface area contributed by atoms with E-state index in [9.17, 15) is 4.79 Å². The number of nitrogens with zero attached hydrogens (tertiary/aromatic N) is 2. The molecule has 1 aliphatic rings. The van der Waals surface area contributed by atoms with Crippen LogP contribution in [0.15, 0.2) is 30.6 Å². The number of amides is 1. The van der Waals surface area contributed by atoms with Crippen LogP contribution in [-0.4, -0.2) is 27.9 Å². The van der Waals surface area contributed by atoms with E-state index in [1.165, 1.54) is 32.1 Å². The van der Waals surface area contributed by atoms with Crippen LogP contribution < -0.4 is 11.1 Å². The Kier molecular flexibility index (Phi) is 8.53. The van der Waals surface area contributed by atoms with Gasteiger partial charge in [-0.25, -0.2) is 4.98 Å². The minimum absolute atomic E-state index is 0. The maximum Gasteiger partial charge on any atom is 0.226 e. The minimum Gasteiger partial charge on any atom is -0.351 e. The summed E-state index contributed by atoms with van der Waals surface area (Å²) in [6.45, 7) is 0.515. The Morgan fingerprint density at radius 1 is 1.29 bits per heavy atom. The number of imidazole rings is 1. The van der Waals surface area contributed by atoms with Crippen molar-refractivity contribution in [3.8, 4) is 0 Å². The van der Waals surface area contributed by atoms with E-state index < -0.39 is 0 Å². The van der Waals surface area contributed by atoms with Crippen molar-refractivity contribution in [2.75, 3.05) is 6.54 Å². The van der Waals surface area contributed by atoms with Gasteiger partial charge in [-0.05, 0) is 30.9 Å². The maximum atomic E-state index is 12.3. The van der Waals surface area contributed by atoms with E-state index in [0.717, 1.165) is 11.3 Å². The molecular formula is C17H26Cl2N4O. The number of halogens is 2. The molecule has 1 fully saturated rings. The highest BCUT2D eigenvalue weighted by Crippen LogP contribution is 2.26. The summed E-state index contributed by atoms with van der Waals surface area (Å²) in [5.74, 6) is 0.549. The fourth-order valence-corrected chi connectivity index (χ4v) is 3.40. The van der Waals surface area contributed by atoms with Gasteiger partial charge in [-0.3, -0.25) is 4.79 Å². The lowest BCUT2D eigenvalue weighted by Gasteiger charge is -2.30. The normalized spacial score (nSPS) is 16.0. The van der Waals surface area contributed by atoms with Crippen LogP contribution in [0.25, 0.3) is 5.65 Å². The molecule has 1 atom stereocenters. The molecule has 3 N–H and O–H groups in total. The number of pyridine rings is 1. The van der Waals surface area contributed by atoms with Crippen LogP contribution in [0.5, 0.6) is 0 Å². The summed E-state index contributed by atoms with van der Waals surface area (Å²) in [6, 6.07) is 5.93. The van der Waals surface area contributed by atoms with Crippen LogP contribution in [0.1, 0.15) is 37.8 Å². The molecule has 0 spiro atoms. The van der Waals surface area contributed by atoms with E-state index >= 15 is 0 Å². The highest BCUT2D eigenvalue weighted by atomic mass is 35.5. The topological polar surface area (TPSA) is 72.4 Å². The van der Waals surface area contributed by atoms with Crippen molar-refractivity contribution < 1.29 is 4.79 Å². The first-order chi connectivity index (χ1) is 10.8. The van der Waals surface area contributed by atoms with Crippen molar-refractivity contribution in [3.63, 3.8) is 0 Å². The third-order valence-corrected chi connectivity index (χ3v) is 4.57. The molecule has 1 amide bonds. The van der Waals surface area contributed by atoms with Gasteiger partial charge in [0.2, 0.25) is 5.91 Å². The van der Waals surface area contributed by atoms with Crippen LogP contribution in [-0.2, 0) is 11.2 Å². The van der Waals surface area contributed by atoms with Crippen molar-refractivity contribution in [1.29, 1.82) is 0 Å². The smallest absolute Gasteiger partial charge is 0.226 e. The predicted molar refractivity (Wildman–Crippen MR) is 101 cm³/mol. The zero-order valence-corrected chi connectivity index (χ0v) is 15.3. The summed E-state index contributed by atoms with van der Waals surface area (Å²) in [7, 11) is 0. The number of hydrogen-bond donors (Lipinski definition) is 2. The second-order valence-electron chi connectivity index (χ2n) is 6.18. The van der Waals surface area contributed by atoms with E-state index in [-0.39, 0.29) is 36.8 Å². The summed E-state index contributed by atoms with van der Waals surface area (Å²) in [6.07, 6.45) is 10.3. The Balaban J connectivity index is 0.00000144. The average molecular weight is 373 g/mol. The number of hydrogen-bond acceptors (Lipinski definition) is 3. The van der Waals surface area contributed by atoms with Gasteiger partial charge in [0.25, 0.3) is 0 Å². The molecule has 1 aliphatic carbocycles. The van der Waals surface area contributed by atoms with Crippen molar-refractivity contribution in [3.05, 3.63) is 36.3 Å². The molecule has 2 heterocycles. The number of fused-ring (bicyclic) bond motifs is 1. The maximum absolute atomic E-state index is 12.3. The number of aromatic nitrogens is 2. The SMILES string of the molecule is Cl.Cl.NCC(NC(=O)Cc1cn2ccccc2n1)C1CCCCC1. The van der Waals surface area contributed by atoms with Crippen LogP contribution >= 0.6 is 24.8 Å². The van der Waals surface area contributed by atoms with Crippen molar-refractivity contribution >= 4 is 36.4 Å². The molecule has 0 radical (unpaired) electrons. The standard InChI is InChI=1S/C17H24N4O.2ClH/c18-11-15(13-6-2-1-3-7-13)20-17(22)10-14-12-21-9-5-4-8-16(21)19-14;;/h4-5,8-9,12-13,15H,1-3,6-7,10-11,18H2,(H,20,22);2*1H. The lowest BCUT2D eigenvalue weighted by molar-refractivity contribution is -0.121. The highest BCUT2D eigenvalue weighted by Gasteiger charge is 2.24. The van der Waals surface area contributed by atoms with E-state index in [2.05, 4.69) is 10.3 Å². The van der Waals surface area contributed by atoms with Crippen LogP contribution in [0.3, 0.4) is 0 Å². The van der Waals surface area contributed by atoms with Crippen molar-refractivity contribution in [1.82, 2.24) is 14.7 Å². The lowest BCUT2D eigenvalue weighted by atomic mass is 9.84. The summed E-state index contributed by atoms with van der Waals surface area (Å²) >= 11 is 0. The van der Waals surface area contributed by atoms with Gasteiger partial charge in [-0.1, -0.05) is 25.3 Å². The van der Waals surface area contributed by atoms with Gasteiger partial charge in [0.05, 0.1) is 12.1 Å². The van der Waals surface area contributed by atoms with Gasteiger partial charge in [0, 0.05) is 25.0 Å². The molecule has 1 saturated carbocycles. The number of carbonyl (C=O) groups is 1. The Hall–Kier alpha value is -1.30. The van der Waals surface area contributed by atoms with Crippen molar-refractivity contribution in [2.45, 2.75) is 44.6 Å². The van der Waals surface area contributed by atoms with Gasteiger partial charge < -0.3 is 15.5 Å². The summed E-state index contributed by atoms with van der Waals surface area (Å²) < 4.78 is 1.93. The zero-order valence-electron chi connectivity index (χ0n) is 13.7. The molecular weight excluding hydrogens is 347 g/mol. The lowest BCUT2D eigenvalue weighted by Crippen LogP contribution is -2.46. The Labute approximate surface area is 155 Å². The number of nitrogens with one attached hydrogen (secondary N) is 1. The molecule has 5 nitrogen and oxygen atoms in total. The van der Waals surface area contributed by atoms with Gasteiger partial charge in [-0.2, -0.15) is 0 Å². The molecule has 7 heteroatoms. The van der Waals surface area contributed by atoms with E-state index in [1.807, 2.05) is 35.0 Å². The molecule has 1 unspecified atom stereocenters. The molecule has 2 aromatic heterocycles. The Morgan fingerprint density at radius 2 is 2.04 bits per heavy atom. The van der Waals surface area contributed by atoms with Crippen LogP contribution in [0, 0.1) is 5.92 Å². The second kappa shape index (κ2) is 9.87. The number of carbonyl (C=O) groups excluding carboxylic acids is 1. The molecule has 0 aromatic carbocycles. The van der Waals surface area contributed by atoms with E-state index in [4.69, 9.17) is 5.73 Å². The van der Waals surface area contributed by atoms with Gasteiger partial charge in [-0.15, -0.1) is 24.8 Å². The van der Waals surface area contributed by atoms with Gasteiger partial charge in [0.1, 0.15) is 5.65 Å². The first-order valence-corrected chi connectivity index (χ1v) is 8.18. The van der Waals surface area contributed by atoms with Crippen LogP contribution in [0.4, 0.5) is 0 Å². The average Bonchev–Trinajstić information content (AvgIpc) is 2.95. The summed E-state index contributed by atoms with van der Waals surface area (Å²) in [5, 5.41) is 3.12. The zero-order chi connectivity index (χ0) is 15.4. The molecule has 3 rings (SSSR count).